The standard InChI is InChI=1S/C25H30ClN5O3S.ClH/c1-3-28(4-2)14-15-30(25-27-20-10-9-19(26)17-23(20)35-25)24(32)18-8-11-21(22(16-18)31(33)34)29-12-6-5-7-13-29;/h8-11,16-17H,3-7,12-15H2,1-2H3;1H. The summed E-state index contributed by atoms with van der Waals surface area (Å²) >= 11 is 7.55. The molecule has 8 nitrogen and oxygen atoms in total. The minimum absolute atomic E-state index is 0. The summed E-state index contributed by atoms with van der Waals surface area (Å²) in [6.07, 6.45) is 3.16. The number of piperidine rings is 1. The number of nitrogens with zero attached hydrogens (tertiary/aromatic N) is 5. The summed E-state index contributed by atoms with van der Waals surface area (Å²) in [5, 5.41) is 13.1. The number of carbonyl (C=O) groups excluding carboxylic acids is 1. The highest BCUT2D eigenvalue weighted by Crippen LogP contribution is 2.34. The van der Waals surface area contributed by atoms with Crippen molar-refractivity contribution >= 4 is 68.0 Å². The van der Waals surface area contributed by atoms with E-state index in [4.69, 9.17) is 11.6 Å². The maximum atomic E-state index is 13.8. The highest BCUT2D eigenvalue weighted by Gasteiger charge is 2.27. The van der Waals surface area contributed by atoms with Gasteiger partial charge in [-0.1, -0.05) is 36.8 Å². The Labute approximate surface area is 226 Å². The van der Waals surface area contributed by atoms with Crippen LogP contribution in [0.15, 0.2) is 36.4 Å². The lowest BCUT2D eigenvalue weighted by Gasteiger charge is -2.28. The monoisotopic (exact) mass is 551 g/mol. The van der Waals surface area contributed by atoms with Crippen molar-refractivity contribution in [3.05, 3.63) is 57.1 Å². The molecule has 3 aromatic rings. The summed E-state index contributed by atoms with van der Waals surface area (Å²) < 4.78 is 0.888. The fourth-order valence-electron chi connectivity index (χ4n) is 4.43. The molecule has 0 saturated carbocycles. The Kier molecular flexibility index (Phi) is 9.90. The van der Waals surface area contributed by atoms with Gasteiger partial charge in [0.15, 0.2) is 5.13 Å². The summed E-state index contributed by atoms with van der Waals surface area (Å²) in [7, 11) is 0. The number of likely N-dealkylation sites (N-methyl/N-ethyl adjacent to an activating group) is 1. The van der Waals surface area contributed by atoms with Crippen LogP contribution >= 0.6 is 35.3 Å². The quantitative estimate of drug-likeness (QED) is 0.230. The van der Waals surface area contributed by atoms with E-state index in [1.54, 1.807) is 23.1 Å². The van der Waals surface area contributed by atoms with E-state index in [9.17, 15) is 14.9 Å². The molecule has 1 aromatic heterocycles. The van der Waals surface area contributed by atoms with E-state index < -0.39 is 0 Å². The zero-order valence-corrected chi connectivity index (χ0v) is 22.9. The molecule has 36 heavy (non-hydrogen) atoms. The van der Waals surface area contributed by atoms with Gasteiger partial charge in [0.05, 0.1) is 15.1 Å². The number of hydrogen-bond donors (Lipinski definition) is 0. The molecule has 0 aliphatic carbocycles. The molecular formula is C25H31Cl2N5O3S. The van der Waals surface area contributed by atoms with Crippen molar-refractivity contribution < 1.29 is 9.72 Å². The number of aromatic nitrogens is 1. The first-order valence-electron chi connectivity index (χ1n) is 12.0. The first kappa shape index (κ1) is 28.1. The summed E-state index contributed by atoms with van der Waals surface area (Å²) in [6, 6.07) is 10.3. The van der Waals surface area contributed by atoms with Crippen molar-refractivity contribution in [3.8, 4) is 0 Å². The number of hydrogen-bond acceptors (Lipinski definition) is 7. The number of thiazole rings is 1. The van der Waals surface area contributed by atoms with Gasteiger partial charge in [-0.3, -0.25) is 19.8 Å². The molecule has 1 fully saturated rings. The number of anilines is 2. The van der Waals surface area contributed by atoms with Gasteiger partial charge < -0.3 is 9.80 Å². The van der Waals surface area contributed by atoms with Crippen molar-refractivity contribution in [2.75, 3.05) is 49.1 Å². The normalized spacial score (nSPS) is 13.6. The summed E-state index contributed by atoms with van der Waals surface area (Å²) in [5.41, 5.74) is 1.60. The van der Waals surface area contributed by atoms with Crippen LogP contribution in [-0.4, -0.2) is 60.0 Å². The van der Waals surface area contributed by atoms with Crippen LogP contribution in [0, 0.1) is 10.1 Å². The van der Waals surface area contributed by atoms with Crippen LogP contribution in [0.5, 0.6) is 0 Å². The molecule has 0 spiro atoms. The van der Waals surface area contributed by atoms with Gasteiger partial charge in [0.25, 0.3) is 11.6 Å². The van der Waals surface area contributed by atoms with Gasteiger partial charge in [-0.25, -0.2) is 4.98 Å². The van der Waals surface area contributed by atoms with Crippen molar-refractivity contribution in [1.82, 2.24) is 9.88 Å². The van der Waals surface area contributed by atoms with E-state index in [-0.39, 0.29) is 34.5 Å². The maximum absolute atomic E-state index is 13.8. The van der Waals surface area contributed by atoms with Crippen LogP contribution in [0.25, 0.3) is 10.2 Å². The Bertz CT molecular complexity index is 1210. The Morgan fingerprint density at radius 1 is 1.11 bits per heavy atom. The third-order valence-corrected chi connectivity index (χ3v) is 7.74. The lowest BCUT2D eigenvalue weighted by molar-refractivity contribution is -0.384. The molecule has 0 radical (unpaired) electrons. The van der Waals surface area contributed by atoms with Crippen LogP contribution in [0.4, 0.5) is 16.5 Å². The van der Waals surface area contributed by atoms with Gasteiger partial charge >= 0.3 is 0 Å². The van der Waals surface area contributed by atoms with Crippen molar-refractivity contribution in [2.45, 2.75) is 33.1 Å². The van der Waals surface area contributed by atoms with E-state index in [2.05, 4.69) is 23.7 Å². The van der Waals surface area contributed by atoms with E-state index >= 15 is 0 Å². The lowest BCUT2D eigenvalue weighted by atomic mass is 10.1. The highest BCUT2D eigenvalue weighted by molar-refractivity contribution is 7.22. The van der Waals surface area contributed by atoms with Gasteiger partial charge in [-0.2, -0.15) is 0 Å². The molecule has 1 saturated heterocycles. The fourth-order valence-corrected chi connectivity index (χ4v) is 5.69. The zero-order valence-electron chi connectivity index (χ0n) is 20.5. The molecule has 2 heterocycles. The Hall–Kier alpha value is -2.46. The number of nitro benzene ring substituents is 1. The number of fused-ring (bicyclic) bond motifs is 1. The molecule has 0 bridgehead atoms. The molecule has 0 unspecified atom stereocenters. The Morgan fingerprint density at radius 3 is 2.50 bits per heavy atom. The van der Waals surface area contributed by atoms with E-state index in [0.29, 0.717) is 28.9 Å². The third-order valence-electron chi connectivity index (χ3n) is 6.47. The number of rotatable bonds is 9. The van der Waals surface area contributed by atoms with Gasteiger partial charge in [-0.05, 0) is 62.7 Å². The van der Waals surface area contributed by atoms with Crippen LogP contribution in [-0.2, 0) is 0 Å². The Balaban J connectivity index is 0.00000361. The van der Waals surface area contributed by atoms with E-state index in [0.717, 1.165) is 55.7 Å². The molecule has 194 valence electrons. The second-order valence-corrected chi connectivity index (χ2v) is 10.0. The second-order valence-electron chi connectivity index (χ2n) is 8.60. The number of benzene rings is 2. The number of halogens is 2. The van der Waals surface area contributed by atoms with Crippen molar-refractivity contribution in [1.29, 1.82) is 0 Å². The average Bonchev–Trinajstić information content (AvgIpc) is 3.29. The van der Waals surface area contributed by atoms with E-state index in [1.807, 2.05) is 17.0 Å². The highest BCUT2D eigenvalue weighted by atomic mass is 35.5. The first-order valence-corrected chi connectivity index (χ1v) is 13.2. The van der Waals surface area contributed by atoms with Gasteiger partial charge in [0.2, 0.25) is 0 Å². The topological polar surface area (TPSA) is 82.8 Å². The first-order chi connectivity index (χ1) is 16.9. The average molecular weight is 553 g/mol. The van der Waals surface area contributed by atoms with Crippen LogP contribution in [0.2, 0.25) is 5.02 Å². The molecule has 0 N–H and O–H groups in total. The molecule has 1 aliphatic rings. The summed E-state index contributed by atoms with van der Waals surface area (Å²) in [5.74, 6) is -0.296. The molecule has 4 rings (SSSR count). The predicted octanol–water partition coefficient (Wildman–Crippen LogP) is 6.26. The molecule has 0 atom stereocenters. The molecule has 1 amide bonds. The SMILES string of the molecule is CCN(CC)CCN(C(=O)c1ccc(N2CCCCC2)c([N+](=O)[O-])c1)c1nc2ccc(Cl)cc2s1.Cl. The zero-order chi connectivity index (χ0) is 24.9. The van der Waals surface area contributed by atoms with Crippen LogP contribution in [0.3, 0.4) is 0 Å². The summed E-state index contributed by atoms with van der Waals surface area (Å²) in [6.45, 7) is 8.57. The fraction of sp³-hybridized carbons (Fsp3) is 0.440. The smallest absolute Gasteiger partial charge is 0.293 e. The number of carbonyl (C=O) groups is 1. The van der Waals surface area contributed by atoms with Gasteiger partial charge in [0.1, 0.15) is 5.69 Å². The number of nitro groups is 1. The molecular weight excluding hydrogens is 521 g/mol. The minimum atomic E-state index is -0.388. The van der Waals surface area contributed by atoms with Crippen LogP contribution in [0.1, 0.15) is 43.5 Å². The van der Waals surface area contributed by atoms with Crippen molar-refractivity contribution in [2.24, 2.45) is 0 Å². The predicted molar refractivity (Wildman–Crippen MR) is 151 cm³/mol. The van der Waals surface area contributed by atoms with Crippen LogP contribution < -0.4 is 9.80 Å². The minimum Gasteiger partial charge on any atom is -0.366 e. The molecule has 1 aliphatic heterocycles. The second kappa shape index (κ2) is 12.7. The van der Waals surface area contributed by atoms with E-state index in [1.165, 1.54) is 17.4 Å². The third kappa shape index (κ3) is 6.26. The summed E-state index contributed by atoms with van der Waals surface area (Å²) in [4.78, 5) is 35.9. The van der Waals surface area contributed by atoms with Crippen molar-refractivity contribution in [3.63, 3.8) is 0 Å². The Morgan fingerprint density at radius 2 is 1.83 bits per heavy atom. The van der Waals surface area contributed by atoms with Gasteiger partial charge in [0, 0.05) is 42.8 Å². The molecule has 11 heteroatoms. The van der Waals surface area contributed by atoms with Gasteiger partial charge in [-0.15, -0.1) is 12.4 Å². The number of amides is 1. The largest absolute Gasteiger partial charge is 0.366 e. The molecule has 2 aromatic carbocycles. The lowest BCUT2D eigenvalue weighted by Crippen LogP contribution is -2.39. The maximum Gasteiger partial charge on any atom is 0.293 e.